The first-order valence-electron chi connectivity index (χ1n) is 7.82. The highest BCUT2D eigenvalue weighted by molar-refractivity contribution is 5.96. The maximum Gasteiger partial charge on any atom is 0.234 e. The summed E-state index contributed by atoms with van der Waals surface area (Å²) in [5.41, 5.74) is 0.608. The summed E-state index contributed by atoms with van der Waals surface area (Å²) < 4.78 is 18.8. The third kappa shape index (κ3) is 3.32. The lowest BCUT2D eigenvalue weighted by atomic mass is 9.98. The van der Waals surface area contributed by atoms with Crippen molar-refractivity contribution in [1.29, 1.82) is 0 Å². The second-order valence-electron chi connectivity index (χ2n) is 6.03. The number of rotatable bonds is 4. The minimum absolute atomic E-state index is 0.0333. The van der Waals surface area contributed by atoms with Gasteiger partial charge in [0.05, 0.1) is 12.5 Å². The van der Waals surface area contributed by atoms with Gasteiger partial charge in [-0.15, -0.1) is 0 Å². The van der Waals surface area contributed by atoms with E-state index in [0.717, 1.165) is 5.76 Å². The van der Waals surface area contributed by atoms with Gasteiger partial charge in [-0.2, -0.15) is 0 Å². The summed E-state index contributed by atoms with van der Waals surface area (Å²) in [6.45, 7) is 4.44. The molecule has 0 atom stereocenters. The molecule has 0 radical (unpaired) electrons. The van der Waals surface area contributed by atoms with Crippen LogP contribution in [0.2, 0.25) is 0 Å². The first kappa shape index (κ1) is 16.2. The van der Waals surface area contributed by atoms with Crippen LogP contribution in [0.4, 0.5) is 10.1 Å². The van der Waals surface area contributed by atoms with Gasteiger partial charge in [-0.25, -0.2) is 4.39 Å². The highest BCUT2D eigenvalue weighted by atomic mass is 19.1. The van der Waals surface area contributed by atoms with Gasteiger partial charge < -0.3 is 14.2 Å². The number of carbonyl (C=O) groups is 2. The van der Waals surface area contributed by atoms with Crippen molar-refractivity contribution in [2.24, 2.45) is 5.92 Å². The molecule has 3 rings (SSSR count). The Morgan fingerprint density at radius 2 is 1.88 bits per heavy atom. The highest BCUT2D eigenvalue weighted by Gasteiger charge is 2.37. The molecule has 0 spiro atoms. The Hall–Kier alpha value is -2.63. The van der Waals surface area contributed by atoms with E-state index in [1.54, 1.807) is 21.9 Å². The first-order chi connectivity index (χ1) is 11.4. The second kappa shape index (κ2) is 6.47. The number of carbonyl (C=O) groups excluding carboxylic acids is 2. The fourth-order valence-corrected chi connectivity index (χ4v) is 2.76. The molecule has 2 amide bonds. The molecular weight excluding hydrogens is 311 g/mol. The summed E-state index contributed by atoms with van der Waals surface area (Å²) in [6, 6.07) is 9.46. The van der Waals surface area contributed by atoms with Gasteiger partial charge in [-0.1, -0.05) is 0 Å². The molecule has 1 aromatic carbocycles. The van der Waals surface area contributed by atoms with Crippen LogP contribution >= 0.6 is 0 Å². The Morgan fingerprint density at radius 1 is 1.21 bits per heavy atom. The average molecular weight is 330 g/mol. The summed E-state index contributed by atoms with van der Waals surface area (Å²) in [5, 5.41) is 0. The number of nitrogens with zero attached hydrogens (tertiary/aromatic N) is 2. The fraction of sp³-hybridized carbons (Fsp3) is 0.333. The minimum atomic E-state index is -0.355. The molecule has 1 fully saturated rings. The summed E-state index contributed by atoms with van der Waals surface area (Å²) in [7, 11) is 0. The molecule has 6 heteroatoms. The van der Waals surface area contributed by atoms with Crippen molar-refractivity contribution in [3.63, 3.8) is 0 Å². The third-order valence-corrected chi connectivity index (χ3v) is 4.19. The number of halogens is 1. The Balaban J connectivity index is 1.80. The topological polar surface area (TPSA) is 53.8 Å². The number of hydrogen-bond donors (Lipinski definition) is 0. The van der Waals surface area contributed by atoms with Gasteiger partial charge in [0.15, 0.2) is 0 Å². The molecule has 24 heavy (non-hydrogen) atoms. The molecule has 0 bridgehead atoms. The average Bonchev–Trinajstić information content (AvgIpc) is 2.89. The van der Waals surface area contributed by atoms with E-state index in [0.29, 0.717) is 24.5 Å². The minimum Gasteiger partial charge on any atom is -0.464 e. The zero-order chi connectivity index (χ0) is 17.3. The Morgan fingerprint density at radius 3 is 2.42 bits per heavy atom. The summed E-state index contributed by atoms with van der Waals surface area (Å²) >= 11 is 0. The molecule has 1 saturated heterocycles. The monoisotopic (exact) mass is 330 g/mol. The molecule has 0 saturated carbocycles. The maximum absolute atomic E-state index is 13.2. The molecule has 2 aromatic rings. The van der Waals surface area contributed by atoms with E-state index in [1.807, 2.05) is 19.1 Å². The van der Waals surface area contributed by atoms with Crippen LogP contribution in [0, 0.1) is 18.7 Å². The van der Waals surface area contributed by atoms with Crippen LogP contribution in [0.25, 0.3) is 0 Å². The van der Waals surface area contributed by atoms with Gasteiger partial charge in [0.1, 0.15) is 17.3 Å². The Bertz CT molecular complexity index is 748. The van der Waals surface area contributed by atoms with Crippen LogP contribution in [0.3, 0.4) is 0 Å². The van der Waals surface area contributed by atoms with Gasteiger partial charge in [0, 0.05) is 25.7 Å². The lowest BCUT2D eigenvalue weighted by Gasteiger charge is -2.40. The molecular formula is C18H19FN2O3. The van der Waals surface area contributed by atoms with E-state index in [1.165, 1.54) is 19.1 Å². The molecule has 1 aliphatic rings. The van der Waals surface area contributed by atoms with Crippen LogP contribution < -0.4 is 4.90 Å². The molecule has 2 heterocycles. The van der Waals surface area contributed by atoms with E-state index in [9.17, 15) is 14.0 Å². The number of hydrogen-bond acceptors (Lipinski definition) is 3. The van der Waals surface area contributed by atoms with Crippen molar-refractivity contribution in [3.8, 4) is 0 Å². The van der Waals surface area contributed by atoms with Crippen molar-refractivity contribution in [2.45, 2.75) is 20.4 Å². The molecule has 0 unspecified atom stereocenters. The van der Waals surface area contributed by atoms with Gasteiger partial charge in [0.25, 0.3) is 0 Å². The number of benzene rings is 1. The van der Waals surface area contributed by atoms with Gasteiger partial charge in [-0.05, 0) is 43.3 Å². The third-order valence-electron chi connectivity index (χ3n) is 4.19. The molecule has 126 valence electrons. The van der Waals surface area contributed by atoms with Crippen LogP contribution in [-0.4, -0.2) is 29.8 Å². The normalized spacial score (nSPS) is 14.4. The standard InChI is InChI=1S/C18H19FN2O3/c1-12-3-8-17(24-12)11-21(16-6-4-15(19)5-7-16)18(23)14-9-20(10-14)13(2)22/h3-8,14H,9-11H2,1-2H3. The predicted molar refractivity (Wildman–Crippen MR) is 86.8 cm³/mol. The van der Waals surface area contributed by atoms with Gasteiger partial charge in [-0.3, -0.25) is 9.59 Å². The fourth-order valence-electron chi connectivity index (χ4n) is 2.76. The summed E-state index contributed by atoms with van der Waals surface area (Å²) in [4.78, 5) is 27.4. The predicted octanol–water partition coefficient (Wildman–Crippen LogP) is 2.74. The van der Waals surface area contributed by atoms with Gasteiger partial charge in [0.2, 0.25) is 11.8 Å². The van der Waals surface area contributed by atoms with Crippen LogP contribution in [0.15, 0.2) is 40.8 Å². The van der Waals surface area contributed by atoms with E-state index < -0.39 is 0 Å². The zero-order valence-electron chi connectivity index (χ0n) is 13.7. The number of aryl methyl sites for hydroxylation is 1. The lowest BCUT2D eigenvalue weighted by Crippen LogP contribution is -2.55. The molecule has 0 aliphatic carbocycles. The summed E-state index contributed by atoms with van der Waals surface area (Å²) in [5.74, 6) is 0.708. The number of likely N-dealkylation sites (tertiary alicyclic amines) is 1. The summed E-state index contributed by atoms with van der Waals surface area (Å²) in [6.07, 6.45) is 0. The molecule has 1 aromatic heterocycles. The molecule has 1 aliphatic heterocycles. The largest absolute Gasteiger partial charge is 0.464 e. The van der Waals surface area contributed by atoms with Crippen LogP contribution in [0.5, 0.6) is 0 Å². The maximum atomic E-state index is 13.2. The number of amides is 2. The van der Waals surface area contributed by atoms with Crippen molar-refractivity contribution in [2.75, 3.05) is 18.0 Å². The quantitative estimate of drug-likeness (QED) is 0.866. The van der Waals surface area contributed by atoms with E-state index in [4.69, 9.17) is 4.42 Å². The van der Waals surface area contributed by atoms with Crippen molar-refractivity contribution in [3.05, 3.63) is 53.7 Å². The van der Waals surface area contributed by atoms with Crippen LogP contribution in [0.1, 0.15) is 18.4 Å². The molecule has 5 nitrogen and oxygen atoms in total. The SMILES string of the molecule is CC(=O)N1CC(C(=O)N(Cc2ccc(C)o2)c2ccc(F)cc2)C1. The van der Waals surface area contributed by atoms with Crippen molar-refractivity contribution in [1.82, 2.24) is 4.90 Å². The Kier molecular flexibility index (Phi) is 4.38. The number of anilines is 1. The van der Waals surface area contributed by atoms with Crippen molar-refractivity contribution >= 4 is 17.5 Å². The smallest absolute Gasteiger partial charge is 0.234 e. The highest BCUT2D eigenvalue weighted by Crippen LogP contribution is 2.25. The van der Waals surface area contributed by atoms with Crippen molar-refractivity contribution < 1.29 is 18.4 Å². The zero-order valence-corrected chi connectivity index (χ0v) is 13.7. The Labute approximate surface area is 139 Å². The van der Waals surface area contributed by atoms with E-state index >= 15 is 0 Å². The first-order valence-corrected chi connectivity index (χ1v) is 7.82. The van der Waals surface area contributed by atoms with E-state index in [2.05, 4.69) is 0 Å². The van der Waals surface area contributed by atoms with E-state index in [-0.39, 0.29) is 30.1 Å². The van der Waals surface area contributed by atoms with Gasteiger partial charge >= 0.3 is 0 Å². The van der Waals surface area contributed by atoms with Crippen LogP contribution in [-0.2, 0) is 16.1 Å². The number of furan rings is 1. The molecule has 0 N–H and O–H groups in total. The lowest BCUT2D eigenvalue weighted by molar-refractivity contribution is -0.140. The second-order valence-corrected chi connectivity index (χ2v) is 6.03.